The van der Waals surface area contributed by atoms with Crippen molar-refractivity contribution in [3.63, 3.8) is 0 Å². The number of likely N-dealkylation sites (tertiary alicyclic amines) is 1. The van der Waals surface area contributed by atoms with Crippen molar-refractivity contribution >= 4 is 64.3 Å². The van der Waals surface area contributed by atoms with Crippen LogP contribution in [0.4, 0.5) is 0 Å². The van der Waals surface area contributed by atoms with E-state index in [0.717, 1.165) is 11.1 Å². The van der Waals surface area contributed by atoms with Gasteiger partial charge in [-0.1, -0.05) is 58.5 Å². The van der Waals surface area contributed by atoms with Crippen LogP contribution in [-0.4, -0.2) is 29.8 Å². The molecule has 1 aliphatic heterocycles. The molecule has 1 heterocycles. The topological polar surface area (TPSA) is 20.3 Å². The maximum atomic E-state index is 13.2. The lowest BCUT2D eigenvalue weighted by atomic mass is 9.93. The van der Waals surface area contributed by atoms with Crippen molar-refractivity contribution in [2.24, 2.45) is 0 Å². The summed E-state index contributed by atoms with van der Waals surface area (Å²) in [6, 6.07) is 10.8. The average molecular weight is 455 g/mol. The van der Waals surface area contributed by atoms with E-state index in [1.165, 1.54) is 0 Å². The second kappa shape index (κ2) is 9.02. The highest BCUT2D eigenvalue weighted by Gasteiger charge is 2.27. The summed E-state index contributed by atoms with van der Waals surface area (Å²) in [5.74, 6) is -0.00562. The summed E-state index contributed by atoms with van der Waals surface area (Å²) in [6.45, 7) is 5.33. The Labute approximate surface area is 185 Å². The zero-order valence-electron chi connectivity index (χ0n) is 15.5. The van der Waals surface area contributed by atoms with Crippen molar-refractivity contribution in [2.75, 3.05) is 13.1 Å². The van der Waals surface area contributed by atoms with E-state index in [2.05, 4.69) is 18.7 Å². The number of halogens is 4. The molecule has 0 aromatic heterocycles. The molecule has 28 heavy (non-hydrogen) atoms. The van der Waals surface area contributed by atoms with Gasteiger partial charge in [-0.25, -0.2) is 0 Å². The number of carbonyl (C=O) groups is 1. The fraction of sp³-hybridized carbons (Fsp3) is 0.227. The van der Waals surface area contributed by atoms with Crippen molar-refractivity contribution in [1.82, 2.24) is 4.90 Å². The van der Waals surface area contributed by atoms with Crippen LogP contribution in [-0.2, 0) is 4.79 Å². The minimum absolute atomic E-state index is 0.00562. The number of benzene rings is 2. The Morgan fingerprint density at radius 2 is 1.25 bits per heavy atom. The molecule has 2 aromatic carbocycles. The van der Waals surface area contributed by atoms with Crippen molar-refractivity contribution < 1.29 is 4.79 Å². The number of carbonyl (C=O) groups excluding carboxylic acids is 1. The highest BCUT2D eigenvalue weighted by molar-refractivity contribution is 6.36. The van der Waals surface area contributed by atoms with Crippen LogP contribution in [0.3, 0.4) is 0 Å². The summed E-state index contributed by atoms with van der Waals surface area (Å²) in [5.41, 5.74) is 2.90. The highest BCUT2D eigenvalue weighted by atomic mass is 35.5. The second-order valence-electron chi connectivity index (χ2n) is 7.00. The molecule has 0 radical (unpaired) electrons. The van der Waals surface area contributed by atoms with Gasteiger partial charge in [0.1, 0.15) is 0 Å². The van der Waals surface area contributed by atoms with E-state index < -0.39 is 0 Å². The Kier molecular flexibility index (Phi) is 6.90. The van der Waals surface area contributed by atoms with Gasteiger partial charge < -0.3 is 0 Å². The molecule has 0 amide bonds. The quantitative estimate of drug-likeness (QED) is 0.462. The maximum absolute atomic E-state index is 13.2. The van der Waals surface area contributed by atoms with Crippen LogP contribution >= 0.6 is 46.4 Å². The third-order valence-corrected chi connectivity index (χ3v) is 5.77. The predicted molar refractivity (Wildman–Crippen MR) is 121 cm³/mol. The van der Waals surface area contributed by atoms with Crippen molar-refractivity contribution in [2.45, 2.75) is 19.9 Å². The zero-order chi connectivity index (χ0) is 20.4. The second-order valence-corrected chi connectivity index (χ2v) is 8.69. The number of rotatable bonds is 3. The van der Waals surface area contributed by atoms with E-state index in [0.29, 0.717) is 44.3 Å². The third-order valence-electron chi connectivity index (χ3n) is 4.64. The van der Waals surface area contributed by atoms with Crippen molar-refractivity contribution in [3.05, 3.63) is 78.8 Å². The summed E-state index contributed by atoms with van der Waals surface area (Å²) < 4.78 is 0. The number of Topliss-reactive ketones (excluding diaryl/α,β-unsaturated/α-hetero) is 1. The molecule has 1 saturated heterocycles. The zero-order valence-corrected chi connectivity index (χ0v) is 18.5. The van der Waals surface area contributed by atoms with Crippen LogP contribution < -0.4 is 0 Å². The third kappa shape index (κ3) is 5.00. The fourth-order valence-electron chi connectivity index (χ4n) is 3.04. The standard InChI is InChI=1S/C22H19Cl4NO/c1-13(2)27-11-16(7-14-3-5-18(23)9-20(14)25)22(28)17(12-27)8-15-4-6-19(24)10-21(15)26/h3-10,13H,11-12H2,1-2H3/b16-7+,17-8+. The molecule has 0 N–H and O–H groups in total. The predicted octanol–water partition coefficient (Wildman–Crippen LogP) is 7.06. The molecule has 0 bridgehead atoms. The van der Waals surface area contributed by atoms with Gasteiger partial charge in [0, 0.05) is 50.4 Å². The molecular weight excluding hydrogens is 436 g/mol. The van der Waals surface area contributed by atoms with Gasteiger partial charge in [0.25, 0.3) is 0 Å². The maximum Gasteiger partial charge on any atom is 0.187 e. The highest BCUT2D eigenvalue weighted by Crippen LogP contribution is 2.29. The van der Waals surface area contributed by atoms with Crippen LogP contribution in [0.5, 0.6) is 0 Å². The molecule has 2 aromatic rings. The van der Waals surface area contributed by atoms with Gasteiger partial charge in [-0.3, -0.25) is 9.69 Å². The first-order valence-electron chi connectivity index (χ1n) is 8.84. The van der Waals surface area contributed by atoms with Crippen LogP contribution in [0.25, 0.3) is 12.2 Å². The van der Waals surface area contributed by atoms with Gasteiger partial charge in [0.05, 0.1) is 0 Å². The minimum Gasteiger partial charge on any atom is -0.292 e. The largest absolute Gasteiger partial charge is 0.292 e. The molecule has 6 heteroatoms. The van der Waals surface area contributed by atoms with Crippen molar-refractivity contribution in [1.29, 1.82) is 0 Å². The van der Waals surface area contributed by atoms with Gasteiger partial charge in [-0.2, -0.15) is 0 Å². The summed E-state index contributed by atoms with van der Waals surface area (Å²) in [7, 11) is 0. The number of nitrogens with zero attached hydrogens (tertiary/aromatic N) is 1. The smallest absolute Gasteiger partial charge is 0.187 e. The number of hydrogen-bond acceptors (Lipinski definition) is 2. The Morgan fingerprint density at radius 3 is 1.61 bits per heavy atom. The molecule has 146 valence electrons. The number of ketones is 1. The van der Waals surface area contributed by atoms with Gasteiger partial charge in [0.15, 0.2) is 5.78 Å². The summed E-state index contributed by atoms with van der Waals surface area (Å²) >= 11 is 24.6. The van der Waals surface area contributed by atoms with E-state index in [1.807, 2.05) is 24.3 Å². The van der Waals surface area contributed by atoms with Crippen LogP contribution in [0.2, 0.25) is 20.1 Å². The van der Waals surface area contributed by atoms with E-state index in [9.17, 15) is 4.79 Å². The molecule has 1 fully saturated rings. The lowest BCUT2D eigenvalue weighted by Gasteiger charge is -2.33. The van der Waals surface area contributed by atoms with Crippen LogP contribution in [0.1, 0.15) is 25.0 Å². The Morgan fingerprint density at radius 1 is 0.821 bits per heavy atom. The average Bonchev–Trinajstić information content (AvgIpc) is 2.62. The minimum atomic E-state index is -0.00562. The first-order valence-corrected chi connectivity index (χ1v) is 10.4. The van der Waals surface area contributed by atoms with Crippen LogP contribution in [0, 0.1) is 0 Å². The lowest BCUT2D eigenvalue weighted by molar-refractivity contribution is -0.113. The van der Waals surface area contributed by atoms with E-state index >= 15 is 0 Å². The Hall–Kier alpha value is -1.29. The molecule has 0 spiro atoms. The molecule has 0 saturated carbocycles. The number of hydrogen-bond donors (Lipinski definition) is 0. The van der Waals surface area contributed by atoms with Crippen LogP contribution in [0.15, 0.2) is 47.5 Å². The molecule has 1 aliphatic rings. The summed E-state index contributed by atoms with van der Waals surface area (Å²) in [5, 5.41) is 2.15. The van der Waals surface area contributed by atoms with Gasteiger partial charge >= 0.3 is 0 Å². The molecule has 0 atom stereocenters. The Balaban J connectivity index is 2.03. The molecule has 3 rings (SSSR count). The van der Waals surface area contributed by atoms with E-state index in [1.54, 1.807) is 24.3 Å². The lowest BCUT2D eigenvalue weighted by Crippen LogP contribution is -2.41. The van der Waals surface area contributed by atoms with E-state index in [4.69, 9.17) is 46.4 Å². The normalized spacial score (nSPS) is 18.5. The van der Waals surface area contributed by atoms with Crippen molar-refractivity contribution in [3.8, 4) is 0 Å². The van der Waals surface area contributed by atoms with Gasteiger partial charge in [0.2, 0.25) is 0 Å². The monoisotopic (exact) mass is 453 g/mol. The molecule has 2 nitrogen and oxygen atoms in total. The molecule has 0 unspecified atom stereocenters. The number of piperidine rings is 1. The van der Waals surface area contributed by atoms with E-state index in [-0.39, 0.29) is 11.8 Å². The fourth-order valence-corrected chi connectivity index (χ4v) is 3.97. The first kappa shape index (κ1) is 21.4. The first-order chi connectivity index (χ1) is 13.2. The molecular formula is C22H19Cl4NO. The van der Waals surface area contributed by atoms with Gasteiger partial charge in [-0.05, 0) is 61.4 Å². The Bertz CT molecular complexity index is 905. The van der Waals surface area contributed by atoms with Gasteiger partial charge in [-0.15, -0.1) is 0 Å². The summed E-state index contributed by atoms with van der Waals surface area (Å²) in [6.07, 6.45) is 3.68. The summed E-state index contributed by atoms with van der Waals surface area (Å²) in [4.78, 5) is 15.4. The SMILES string of the molecule is CC(C)N1C/C(=C\c2ccc(Cl)cc2Cl)C(=O)/C(=C/c2ccc(Cl)cc2Cl)C1. The molecule has 0 aliphatic carbocycles.